The van der Waals surface area contributed by atoms with Crippen molar-refractivity contribution < 1.29 is 9.53 Å². The summed E-state index contributed by atoms with van der Waals surface area (Å²) in [5, 5.41) is 6.28. The highest BCUT2D eigenvalue weighted by atomic mass is 35.5. The van der Waals surface area contributed by atoms with E-state index in [0.717, 1.165) is 44.2 Å². The first-order valence-electron chi connectivity index (χ1n) is 5.98. The molecular formula is C11H23ClN2O2S. The van der Waals surface area contributed by atoms with Crippen molar-refractivity contribution >= 4 is 30.1 Å². The maximum atomic E-state index is 11.5. The molecule has 0 radical (unpaired) electrons. The highest BCUT2D eigenvalue weighted by Crippen LogP contribution is 2.09. The van der Waals surface area contributed by atoms with Crippen LogP contribution in [0.25, 0.3) is 0 Å². The molecule has 0 aliphatic carbocycles. The van der Waals surface area contributed by atoms with Crippen LogP contribution in [0.3, 0.4) is 0 Å². The third-order valence-electron chi connectivity index (χ3n) is 2.42. The van der Waals surface area contributed by atoms with Gasteiger partial charge in [-0.1, -0.05) is 0 Å². The normalized spacial score (nSPS) is 19.5. The number of amides is 1. The topological polar surface area (TPSA) is 50.4 Å². The Labute approximate surface area is 114 Å². The van der Waals surface area contributed by atoms with E-state index in [-0.39, 0.29) is 18.3 Å². The van der Waals surface area contributed by atoms with E-state index in [0.29, 0.717) is 12.5 Å². The second kappa shape index (κ2) is 11.1. The van der Waals surface area contributed by atoms with Crippen LogP contribution >= 0.6 is 24.2 Å². The number of nitrogens with one attached hydrogen (secondary N) is 2. The van der Waals surface area contributed by atoms with Crippen LogP contribution in [-0.4, -0.2) is 49.8 Å². The summed E-state index contributed by atoms with van der Waals surface area (Å²) >= 11 is 1.92. The molecule has 17 heavy (non-hydrogen) atoms. The van der Waals surface area contributed by atoms with E-state index in [1.807, 2.05) is 18.7 Å². The molecule has 2 N–H and O–H groups in total. The summed E-state index contributed by atoms with van der Waals surface area (Å²) in [6.45, 7) is 5.20. The van der Waals surface area contributed by atoms with Crippen molar-refractivity contribution in [3.8, 4) is 0 Å². The number of carbonyl (C=O) groups excluding carboxylic acids is 1. The molecule has 102 valence electrons. The van der Waals surface area contributed by atoms with Crippen LogP contribution in [0.4, 0.5) is 0 Å². The minimum Gasteiger partial charge on any atom is -0.382 e. The van der Waals surface area contributed by atoms with Gasteiger partial charge in [0.2, 0.25) is 5.91 Å². The van der Waals surface area contributed by atoms with E-state index < -0.39 is 0 Å². The van der Waals surface area contributed by atoms with Gasteiger partial charge in [-0.25, -0.2) is 0 Å². The number of ether oxygens (including phenoxy) is 1. The van der Waals surface area contributed by atoms with Crippen molar-refractivity contribution in [2.45, 2.75) is 25.8 Å². The number of halogens is 1. The smallest absolute Gasteiger partial charge is 0.221 e. The van der Waals surface area contributed by atoms with Crippen LogP contribution in [0.2, 0.25) is 0 Å². The molecule has 1 saturated heterocycles. The Morgan fingerprint density at radius 3 is 3.06 bits per heavy atom. The molecule has 0 saturated carbocycles. The Balaban J connectivity index is 0.00000256. The molecule has 0 aromatic heterocycles. The predicted molar refractivity (Wildman–Crippen MR) is 75.1 cm³/mol. The van der Waals surface area contributed by atoms with Gasteiger partial charge in [0.15, 0.2) is 0 Å². The van der Waals surface area contributed by atoms with Crippen LogP contribution in [0.5, 0.6) is 0 Å². The molecule has 1 atom stereocenters. The molecule has 1 amide bonds. The minimum absolute atomic E-state index is 0. The first-order valence-corrected chi connectivity index (χ1v) is 7.14. The lowest BCUT2D eigenvalue weighted by molar-refractivity contribution is -0.121. The number of carbonyl (C=O) groups is 1. The summed E-state index contributed by atoms with van der Waals surface area (Å²) in [5.74, 6) is 2.36. The summed E-state index contributed by atoms with van der Waals surface area (Å²) in [7, 11) is 0. The monoisotopic (exact) mass is 282 g/mol. The summed E-state index contributed by atoms with van der Waals surface area (Å²) in [6, 6.07) is 0.352. The molecule has 4 nitrogen and oxygen atoms in total. The number of hydrogen-bond acceptors (Lipinski definition) is 4. The Hall–Kier alpha value is 0.0300. The molecule has 1 fully saturated rings. The van der Waals surface area contributed by atoms with Crippen molar-refractivity contribution in [3.05, 3.63) is 0 Å². The second-order valence-corrected chi connectivity index (χ2v) is 4.98. The van der Waals surface area contributed by atoms with Crippen molar-refractivity contribution in [1.29, 1.82) is 0 Å². The van der Waals surface area contributed by atoms with Gasteiger partial charge in [-0.05, 0) is 13.3 Å². The Morgan fingerprint density at radius 1 is 1.59 bits per heavy atom. The maximum Gasteiger partial charge on any atom is 0.221 e. The third-order valence-corrected chi connectivity index (χ3v) is 3.55. The van der Waals surface area contributed by atoms with Gasteiger partial charge in [0, 0.05) is 50.3 Å². The van der Waals surface area contributed by atoms with Gasteiger partial charge in [0.1, 0.15) is 0 Å². The second-order valence-electron chi connectivity index (χ2n) is 3.83. The molecule has 1 aliphatic rings. The largest absolute Gasteiger partial charge is 0.382 e. The Morgan fingerprint density at radius 2 is 2.41 bits per heavy atom. The van der Waals surface area contributed by atoms with Gasteiger partial charge in [0.25, 0.3) is 0 Å². The minimum atomic E-state index is 0. The number of rotatable bonds is 7. The van der Waals surface area contributed by atoms with E-state index in [1.165, 1.54) is 0 Å². The van der Waals surface area contributed by atoms with Crippen LogP contribution in [-0.2, 0) is 9.53 Å². The molecule has 1 rings (SSSR count). The zero-order valence-electron chi connectivity index (χ0n) is 10.4. The summed E-state index contributed by atoms with van der Waals surface area (Å²) in [5.41, 5.74) is 0. The van der Waals surface area contributed by atoms with Gasteiger partial charge in [-0.2, -0.15) is 11.8 Å². The number of thioether (sulfide) groups is 1. The van der Waals surface area contributed by atoms with Gasteiger partial charge in [-0.15, -0.1) is 12.4 Å². The lowest BCUT2D eigenvalue weighted by atomic mass is 10.2. The van der Waals surface area contributed by atoms with Crippen molar-refractivity contribution in [1.82, 2.24) is 10.6 Å². The van der Waals surface area contributed by atoms with Crippen LogP contribution in [0.15, 0.2) is 0 Å². The van der Waals surface area contributed by atoms with Gasteiger partial charge in [-0.3, -0.25) is 4.79 Å². The molecule has 6 heteroatoms. The van der Waals surface area contributed by atoms with Crippen LogP contribution in [0.1, 0.15) is 19.8 Å². The maximum absolute atomic E-state index is 11.5. The molecule has 1 heterocycles. The number of hydrogen-bond donors (Lipinski definition) is 2. The van der Waals surface area contributed by atoms with Crippen molar-refractivity contribution in [2.75, 3.05) is 37.8 Å². The summed E-state index contributed by atoms with van der Waals surface area (Å²) in [4.78, 5) is 11.5. The van der Waals surface area contributed by atoms with Gasteiger partial charge >= 0.3 is 0 Å². The highest BCUT2D eigenvalue weighted by Gasteiger charge is 2.15. The zero-order chi connectivity index (χ0) is 11.6. The van der Waals surface area contributed by atoms with Gasteiger partial charge < -0.3 is 15.4 Å². The summed E-state index contributed by atoms with van der Waals surface area (Å²) < 4.78 is 5.20. The quantitative estimate of drug-likeness (QED) is 0.686. The Kier molecular flexibility index (Phi) is 11.2. The fraction of sp³-hybridized carbons (Fsp3) is 0.909. The highest BCUT2D eigenvalue weighted by molar-refractivity contribution is 7.99. The molecule has 0 spiro atoms. The summed E-state index contributed by atoms with van der Waals surface area (Å²) in [6.07, 6.45) is 1.49. The van der Waals surface area contributed by atoms with E-state index >= 15 is 0 Å². The Bertz CT molecular complexity index is 202. The van der Waals surface area contributed by atoms with Crippen LogP contribution < -0.4 is 10.6 Å². The standard InChI is InChI=1S/C11H22N2O2S.ClH/c1-2-15-6-3-4-13-11(14)8-10-9-16-7-5-12-10;/h10,12H,2-9H2,1H3,(H,13,14);1H. The van der Waals surface area contributed by atoms with Crippen molar-refractivity contribution in [2.24, 2.45) is 0 Å². The first kappa shape index (κ1) is 17.0. The van der Waals surface area contributed by atoms with E-state index in [9.17, 15) is 4.79 Å². The lowest BCUT2D eigenvalue weighted by Crippen LogP contribution is -2.41. The first-order chi connectivity index (χ1) is 7.83. The lowest BCUT2D eigenvalue weighted by Gasteiger charge is -2.22. The fourth-order valence-corrected chi connectivity index (χ4v) is 2.54. The molecule has 1 unspecified atom stereocenters. The molecule has 0 aromatic rings. The average molecular weight is 283 g/mol. The molecule has 0 bridgehead atoms. The van der Waals surface area contributed by atoms with E-state index in [2.05, 4.69) is 10.6 Å². The average Bonchev–Trinajstić information content (AvgIpc) is 2.30. The van der Waals surface area contributed by atoms with E-state index in [4.69, 9.17) is 4.74 Å². The SMILES string of the molecule is CCOCCCNC(=O)CC1CSCCN1.Cl. The third kappa shape index (κ3) is 8.71. The fourth-order valence-electron chi connectivity index (χ4n) is 1.59. The van der Waals surface area contributed by atoms with Crippen LogP contribution in [0, 0.1) is 0 Å². The van der Waals surface area contributed by atoms with Crippen molar-refractivity contribution in [3.63, 3.8) is 0 Å². The predicted octanol–water partition coefficient (Wildman–Crippen LogP) is 1.05. The van der Waals surface area contributed by atoms with E-state index in [1.54, 1.807) is 0 Å². The molecular weight excluding hydrogens is 260 g/mol. The van der Waals surface area contributed by atoms with Gasteiger partial charge in [0.05, 0.1) is 0 Å². The molecule has 0 aromatic carbocycles. The molecule has 1 aliphatic heterocycles. The zero-order valence-corrected chi connectivity index (χ0v) is 12.0.